The van der Waals surface area contributed by atoms with E-state index >= 15 is 0 Å². The van der Waals surface area contributed by atoms with Crippen LogP contribution in [0.15, 0.2) is 47.4 Å². The second-order valence-electron chi connectivity index (χ2n) is 6.13. The maximum absolute atomic E-state index is 13.1. The fourth-order valence-electron chi connectivity index (χ4n) is 3.11. The number of benzene rings is 1. The summed E-state index contributed by atoms with van der Waals surface area (Å²) in [7, 11) is 1.72. The molecule has 1 aromatic carbocycles. The van der Waals surface area contributed by atoms with Crippen LogP contribution >= 0.6 is 0 Å². The van der Waals surface area contributed by atoms with Crippen molar-refractivity contribution < 1.29 is 4.39 Å². The van der Waals surface area contributed by atoms with Crippen LogP contribution in [0.2, 0.25) is 0 Å². The van der Waals surface area contributed by atoms with Crippen molar-refractivity contribution in [2.75, 3.05) is 36.0 Å². The molecule has 1 aliphatic rings. The Morgan fingerprint density at radius 3 is 2.36 bits per heavy atom. The predicted molar refractivity (Wildman–Crippen MR) is 95.6 cm³/mol. The summed E-state index contributed by atoms with van der Waals surface area (Å²) in [4.78, 5) is 25.1. The molecule has 6 nitrogen and oxygen atoms in total. The average molecular weight is 339 g/mol. The molecular formula is C18H18FN5O. The van der Waals surface area contributed by atoms with Gasteiger partial charge in [0.1, 0.15) is 11.5 Å². The Labute approximate surface area is 144 Å². The molecule has 0 spiro atoms. The zero-order chi connectivity index (χ0) is 17.4. The molecule has 2 aromatic heterocycles. The van der Waals surface area contributed by atoms with E-state index in [4.69, 9.17) is 0 Å². The van der Waals surface area contributed by atoms with E-state index in [9.17, 15) is 9.18 Å². The number of aromatic nitrogens is 3. The minimum absolute atomic E-state index is 0.0849. The molecule has 3 heterocycles. The molecule has 0 unspecified atom stereocenters. The molecule has 7 heteroatoms. The second kappa shape index (κ2) is 6.16. The van der Waals surface area contributed by atoms with Crippen molar-refractivity contribution in [1.29, 1.82) is 0 Å². The highest BCUT2D eigenvalue weighted by Crippen LogP contribution is 2.19. The zero-order valence-corrected chi connectivity index (χ0v) is 13.9. The standard InChI is InChI=1S/C18H18FN5O/c1-22-16(25)7-2-13-12-20-18(21-17(13)22)24-10-8-23(9-11-24)15-5-3-14(19)4-6-15/h2-7,12H,8-11H2,1H3. The molecular weight excluding hydrogens is 321 g/mol. The van der Waals surface area contributed by atoms with E-state index in [1.54, 1.807) is 31.4 Å². The van der Waals surface area contributed by atoms with Crippen LogP contribution in [0.5, 0.6) is 0 Å². The summed E-state index contributed by atoms with van der Waals surface area (Å²) in [6, 6.07) is 9.82. The first-order chi connectivity index (χ1) is 12.1. The third-order valence-electron chi connectivity index (χ3n) is 4.59. The molecule has 0 saturated carbocycles. The Kier molecular flexibility index (Phi) is 3.83. The van der Waals surface area contributed by atoms with Crippen molar-refractivity contribution in [3.8, 4) is 0 Å². The van der Waals surface area contributed by atoms with Gasteiger partial charge < -0.3 is 9.80 Å². The van der Waals surface area contributed by atoms with Crippen LogP contribution < -0.4 is 15.4 Å². The van der Waals surface area contributed by atoms with Gasteiger partial charge in [-0.05, 0) is 30.3 Å². The number of rotatable bonds is 2. The summed E-state index contributed by atoms with van der Waals surface area (Å²) >= 11 is 0. The van der Waals surface area contributed by atoms with Crippen molar-refractivity contribution in [2.45, 2.75) is 0 Å². The summed E-state index contributed by atoms with van der Waals surface area (Å²) in [5.74, 6) is 0.407. The Hall–Kier alpha value is -2.96. The summed E-state index contributed by atoms with van der Waals surface area (Å²) in [6.45, 7) is 3.15. The first-order valence-corrected chi connectivity index (χ1v) is 8.20. The van der Waals surface area contributed by atoms with Gasteiger partial charge >= 0.3 is 0 Å². The monoisotopic (exact) mass is 339 g/mol. The number of piperazine rings is 1. The minimum Gasteiger partial charge on any atom is -0.368 e. The summed E-state index contributed by atoms with van der Waals surface area (Å²) in [5.41, 5.74) is 1.57. The number of hydrogen-bond acceptors (Lipinski definition) is 5. The van der Waals surface area contributed by atoms with E-state index in [0.29, 0.717) is 11.6 Å². The van der Waals surface area contributed by atoms with Crippen LogP contribution in [0, 0.1) is 5.82 Å². The quantitative estimate of drug-likeness (QED) is 0.713. The maximum Gasteiger partial charge on any atom is 0.251 e. The molecule has 0 atom stereocenters. The van der Waals surface area contributed by atoms with Crippen LogP contribution in [-0.4, -0.2) is 40.7 Å². The van der Waals surface area contributed by atoms with E-state index in [1.807, 2.05) is 0 Å². The van der Waals surface area contributed by atoms with Crippen LogP contribution in [0.3, 0.4) is 0 Å². The van der Waals surface area contributed by atoms with Gasteiger partial charge in [-0.25, -0.2) is 9.37 Å². The lowest BCUT2D eigenvalue weighted by Crippen LogP contribution is -2.47. The fourth-order valence-corrected chi connectivity index (χ4v) is 3.11. The third-order valence-corrected chi connectivity index (χ3v) is 4.59. The molecule has 0 amide bonds. The number of fused-ring (bicyclic) bond motifs is 1. The molecule has 4 rings (SSSR count). The van der Waals surface area contributed by atoms with E-state index in [0.717, 1.165) is 37.3 Å². The molecule has 128 valence electrons. The van der Waals surface area contributed by atoms with E-state index in [-0.39, 0.29) is 11.4 Å². The average Bonchev–Trinajstić information content (AvgIpc) is 2.65. The molecule has 0 bridgehead atoms. The third kappa shape index (κ3) is 2.93. The van der Waals surface area contributed by atoms with E-state index in [2.05, 4.69) is 19.8 Å². The first kappa shape index (κ1) is 15.6. The van der Waals surface area contributed by atoms with Crippen LogP contribution in [0.4, 0.5) is 16.0 Å². The van der Waals surface area contributed by atoms with Gasteiger partial charge in [-0.15, -0.1) is 0 Å². The smallest absolute Gasteiger partial charge is 0.251 e. The number of halogens is 1. The Morgan fingerprint density at radius 2 is 1.64 bits per heavy atom. The molecule has 3 aromatic rings. The number of nitrogens with zero attached hydrogens (tertiary/aromatic N) is 5. The number of aryl methyl sites for hydroxylation is 1. The minimum atomic E-state index is -0.224. The normalized spacial score (nSPS) is 15.0. The maximum atomic E-state index is 13.1. The molecule has 0 N–H and O–H groups in total. The lowest BCUT2D eigenvalue weighted by atomic mass is 10.2. The van der Waals surface area contributed by atoms with Crippen molar-refractivity contribution in [2.24, 2.45) is 7.05 Å². The van der Waals surface area contributed by atoms with E-state index in [1.165, 1.54) is 22.8 Å². The van der Waals surface area contributed by atoms with Crippen molar-refractivity contribution >= 4 is 22.7 Å². The molecule has 1 fully saturated rings. The van der Waals surface area contributed by atoms with Crippen LogP contribution in [0.25, 0.3) is 11.0 Å². The van der Waals surface area contributed by atoms with Gasteiger partial charge in [0.25, 0.3) is 5.56 Å². The predicted octanol–water partition coefficient (Wildman–Crippen LogP) is 1.79. The fraction of sp³-hybridized carbons (Fsp3) is 0.278. The molecule has 0 aliphatic carbocycles. The van der Waals surface area contributed by atoms with Crippen molar-refractivity contribution in [3.63, 3.8) is 0 Å². The molecule has 1 aliphatic heterocycles. The second-order valence-corrected chi connectivity index (χ2v) is 6.13. The Morgan fingerprint density at radius 1 is 0.960 bits per heavy atom. The number of anilines is 2. The molecule has 25 heavy (non-hydrogen) atoms. The van der Waals surface area contributed by atoms with Crippen LogP contribution in [-0.2, 0) is 7.05 Å². The van der Waals surface area contributed by atoms with Crippen LogP contribution in [0.1, 0.15) is 0 Å². The van der Waals surface area contributed by atoms with E-state index < -0.39 is 0 Å². The van der Waals surface area contributed by atoms with Gasteiger partial charge in [-0.2, -0.15) is 4.98 Å². The Bertz CT molecular complexity index is 961. The van der Waals surface area contributed by atoms with Gasteiger partial charge in [-0.1, -0.05) is 0 Å². The number of pyridine rings is 1. The molecule has 0 radical (unpaired) electrons. The van der Waals surface area contributed by atoms with Crippen molar-refractivity contribution in [1.82, 2.24) is 14.5 Å². The summed E-state index contributed by atoms with van der Waals surface area (Å²) in [6.07, 6.45) is 1.75. The number of hydrogen-bond donors (Lipinski definition) is 0. The van der Waals surface area contributed by atoms with Crippen molar-refractivity contribution in [3.05, 3.63) is 58.8 Å². The van der Waals surface area contributed by atoms with Gasteiger partial charge in [0.05, 0.1) is 0 Å². The zero-order valence-electron chi connectivity index (χ0n) is 13.9. The lowest BCUT2D eigenvalue weighted by Gasteiger charge is -2.36. The SMILES string of the molecule is Cn1c(=O)ccc2cnc(N3CCN(c4ccc(F)cc4)CC3)nc21. The van der Waals surface area contributed by atoms with Gasteiger partial charge in [-0.3, -0.25) is 9.36 Å². The topological polar surface area (TPSA) is 54.3 Å². The highest BCUT2D eigenvalue weighted by Gasteiger charge is 2.20. The van der Waals surface area contributed by atoms with Gasteiger partial charge in [0.2, 0.25) is 5.95 Å². The summed E-state index contributed by atoms with van der Waals surface area (Å²) < 4.78 is 14.6. The van der Waals surface area contributed by atoms with Gasteiger partial charge in [0.15, 0.2) is 0 Å². The summed E-state index contributed by atoms with van der Waals surface area (Å²) in [5, 5.41) is 0.843. The first-order valence-electron chi connectivity index (χ1n) is 8.20. The highest BCUT2D eigenvalue weighted by atomic mass is 19.1. The Balaban J connectivity index is 1.54. The molecule has 1 saturated heterocycles. The lowest BCUT2D eigenvalue weighted by molar-refractivity contribution is 0.623. The highest BCUT2D eigenvalue weighted by molar-refractivity contribution is 5.75. The van der Waals surface area contributed by atoms with Gasteiger partial charge in [0, 0.05) is 56.6 Å². The largest absolute Gasteiger partial charge is 0.368 e.